The third-order valence-electron chi connectivity index (χ3n) is 8.10. The van der Waals surface area contributed by atoms with Gasteiger partial charge >= 0.3 is 0 Å². The molecule has 8 nitrogen and oxygen atoms in total. The van der Waals surface area contributed by atoms with Crippen LogP contribution in [0.1, 0.15) is 40.9 Å². The van der Waals surface area contributed by atoms with Crippen molar-refractivity contribution in [1.29, 1.82) is 0 Å². The number of rotatable bonds is 5. The number of amides is 2. The van der Waals surface area contributed by atoms with E-state index in [1.807, 2.05) is 30.3 Å². The second kappa shape index (κ2) is 9.67. The van der Waals surface area contributed by atoms with Crippen molar-refractivity contribution >= 4 is 23.2 Å². The van der Waals surface area contributed by atoms with Crippen LogP contribution >= 0.6 is 0 Å². The van der Waals surface area contributed by atoms with E-state index >= 15 is 0 Å². The average Bonchev–Trinajstić information content (AvgIpc) is 3.34. The molecule has 2 aromatic carbocycles. The summed E-state index contributed by atoms with van der Waals surface area (Å²) in [7, 11) is 1.81. The lowest BCUT2D eigenvalue weighted by molar-refractivity contribution is -0.120. The molecule has 3 aliphatic heterocycles. The van der Waals surface area contributed by atoms with Gasteiger partial charge in [-0.1, -0.05) is 36.4 Å². The molecule has 0 unspecified atom stereocenters. The van der Waals surface area contributed by atoms with Gasteiger partial charge in [0.15, 0.2) is 0 Å². The first-order valence-electron chi connectivity index (χ1n) is 13.1. The van der Waals surface area contributed by atoms with Crippen LogP contribution in [0.15, 0.2) is 60.8 Å². The molecule has 4 heterocycles. The van der Waals surface area contributed by atoms with Gasteiger partial charge in [-0.05, 0) is 55.0 Å². The van der Waals surface area contributed by atoms with Gasteiger partial charge in [0.2, 0.25) is 5.91 Å². The Morgan fingerprint density at radius 2 is 1.89 bits per heavy atom. The lowest BCUT2D eigenvalue weighted by atomic mass is 9.73. The molecule has 1 atom stereocenters. The van der Waals surface area contributed by atoms with Gasteiger partial charge < -0.3 is 19.9 Å². The molecule has 2 fully saturated rings. The molecule has 37 heavy (non-hydrogen) atoms. The molecule has 1 N–H and O–H groups in total. The molecule has 6 rings (SSSR count). The van der Waals surface area contributed by atoms with Gasteiger partial charge in [-0.3, -0.25) is 14.3 Å². The highest BCUT2D eigenvalue weighted by atomic mass is 16.5. The normalized spacial score (nSPS) is 20.8. The van der Waals surface area contributed by atoms with Crippen molar-refractivity contribution in [2.75, 3.05) is 43.2 Å². The fraction of sp³-hybridized carbons (Fsp3) is 0.414. The van der Waals surface area contributed by atoms with Crippen LogP contribution in [0.5, 0.6) is 0 Å². The standard InChI is InChI=1S/C29H33N5O3/c1-32-26-17-23(33-19-29(20-33)12-15-37-16-13-29)9-7-22(26)8-10-25(28(32)36)30-27(35)24-11-14-34(31-24)18-21-5-3-2-4-6-21/h2-7,9,11,14,17,25H,8,10,12-13,15-16,18-20H2,1H3,(H,30,35)/t25-/m1/s1. The van der Waals surface area contributed by atoms with Crippen LogP contribution in [0.25, 0.3) is 0 Å². The molecule has 2 saturated heterocycles. The summed E-state index contributed by atoms with van der Waals surface area (Å²) in [5.74, 6) is -0.426. The minimum Gasteiger partial charge on any atom is -0.381 e. The number of aryl methyl sites for hydroxylation is 1. The van der Waals surface area contributed by atoms with Crippen LogP contribution in [-0.4, -0.2) is 61.0 Å². The SMILES string of the molecule is CN1C(=O)[C@H](NC(=O)c2ccn(Cc3ccccc3)n2)CCc2ccc(N3CC4(CCOCC4)C3)cc21. The highest BCUT2D eigenvalue weighted by Crippen LogP contribution is 2.43. The van der Waals surface area contributed by atoms with Crippen molar-refractivity contribution < 1.29 is 14.3 Å². The molecule has 8 heteroatoms. The first kappa shape index (κ1) is 23.7. The summed E-state index contributed by atoms with van der Waals surface area (Å²) in [6, 6.07) is 17.5. The molecular weight excluding hydrogens is 466 g/mol. The quantitative estimate of drug-likeness (QED) is 0.583. The Hall–Kier alpha value is -3.65. The van der Waals surface area contributed by atoms with Crippen molar-refractivity contribution in [2.45, 2.75) is 38.3 Å². The largest absolute Gasteiger partial charge is 0.381 e. The zero-order valence-corrected chi connectivity index (χ0v) is 21.2. The summed E-state index contributed by atoms with van der Waals surface area (Å²) in [5, 5.41) is 7.36. The average molecular weight is 500 g/mol. The Bertz CT molecular complexity index is 1290. The number of nitrogens with zero attached hydrogens (tertiary/aromatic N) is 4. The Morgan fingerprint density at radius 1 is 1.11 bits per heavy atom. The lowest BCUT2D eigenvalue weighted by Gasteiger charge is -2.53. The van der Waals surface area contributed by atoms with E-state index in [-0.39, 0.29) is 11.8 Å². The van der Waals surface area contributed by atoms with Crippen LogP contribution in [0.3, 0.4) is 0 Å². The fourth-order valence-corrected chi connectivity index (χ4v) is 5.82. The summed E-state index contributed by atoms with van der Waals surface area (Å²) in [6.07, 6.45) is 5.32. The molecule has 1 aromatic heterocycles. The van der Waals surface area contributed by atoms with Crippen molar-refractivity contribution in [2.24, 2.45) is 5.41 Å². The van der Waals surface area contributed by atoms with Crippen LogP contribution in [0.2, 0.25) is 0 Å². The lowest BCUT2D eigenvalue weighted by Crippen LogP contribution is -2.58. The Labute approximate surface area is 217 Å². The molecule has 0 radical (unpaired) electrons. The zero-order chi connectivity index (χ0) is 25.4. The van der Waals surface area contributed by atoms with Crippen molar-refractivity contribution in [1.82, 2.24) is 15.1 Å². The number of carbonyl (C=O) groups excluding carboxylic acids is 2. The maximum absolute atomic E-state index is 13.4. The summed E-state index contributed by atoms with van der Waals surface area (Å²) in [6.45, 7) is 4.39. The number of hydrogen-bond acceptors (Lipinski definition) is 5. The van der Waals surface area contributed by atoms with Gasteiger partial charge in [-0.25, -0.2) is 0 Å². The minimum absolute atomic E-state index is 0.0996. The molecular formula is C29H33N5O3. The van der Waals surface area contributed by atoms with Gasteiger partial charge in [-0.15, -0.1) is 0 Å². The number of carbonyl (C=O) groups is 2. The van der Waals surface area contributed by atoms with E-state index in [4.69, 9.17) is 4.74 Å². The molecule has 0 aliphatic carbocycles. The number of likely N-dealkylation sites (N-methyl/N-ethyl adjacent to an activating group) is 1. The minimum atomic E-state index is -0.595. The first-order valence-corrected chi connectivity index (χ1v) is 13.1. The van der Waals surface area contributed by atoms with E-state index in [1.54, 1.807) is 28.9 Å². The number of anilines is 2. The molecule has 3 aliphatic rings. The highest BCUT2D eigenvalue weighted by molar-refractivity contribution is 6.02. The van der Waals surface area contributed by atoms with E-state index in [0.29, 0.717) is 24.1 Å². The summed E-state index contributed by atoms with van der Waals surface area (Å²) < 4.78 is 7.29. The van der Waals surface area contributed by atoms with Gasteiger partial charge in [0.25, 0.3) is 5.91 Å². The summed E-state index contributed by atoms with van der Waals surface area (Å²) in [5.41, 5.74) is 5.02. The number of ether oxygens (including phenoxy) is 1. The Kier molecular flexibility index (Phi) is 6.20. The molecule has 1 spiro atoms. The van der Waals surface area contributed by atoms with Crippen LogP contribution in [-0.2, 0) is 22.5 Å². The number of benzene rings is 2. The molecule has 0 saturated carbocycles. The van der Waals surface area contributed by atoms with E-state index in [9.17, 15) is 9.59 Å². The van der Waals surface area contributed by atoms with E-state index < -0.39 is 6.04 Å². The molecule has 192 valence electrons. The number of fused-ring (bicyclic) bond motifs is 1. The summed E-state index contributed by atoms with van der Waals surface area (Å²) in [4.78, 5) is 30.5. The maximum Gasteiger partial charge on any atom is 0.272 e. The summed E-state index contributed by atoms with van der Waals surface area (Å²) >= 11 is 0. The predicted molar refractivity (Wildman–Crippen MR) is 142 cm³/mol. The van der Waals surface area contributed by atoms with Crippen LogP contribution in [0, 0.1) is 5.41 Å². The number of aromatic nitrogens is 2. The highest BCUT2D eigenvalue weighted by Gasteiger charge is 2.44. The van der Waals surface area contributed by atoms with Crippen LogP contribution in [0.4, 0.5) is 11.4 Å². The van der Waals surface area contributed by atoms with Crippen molar-refractivity contribution in [3.63, 3.8) is 0 Å². The number of nitrogens with one attached hydrogen (secondary N) is 1. The van der Waals surface area contributed by atoms with E-state index in [0.717, 1.165) is 68.1 Å². The van der Waals surface area contributed by atoms with Gasteiger partial charge in [-0.2, -0.15) is 5.10 Å². The van der Waals surface area contributed by atoms with Crippen molar-refractivity contribution in [3.8, 4) is 0 Å². The maximum atomic E-state index is 13.4. The topological polar surface area (TPSA) is 79.7 Å². The molecule has 0 bridgehead atoms. The third-order valence-corrected chi connectivity index (χ3v) is 8.10. The predicted octanol–water partition coefficient (Wildman–Crippen LogP) is 3.26. The number of hydrogen-bond donors (Lipinski definition) is 1. The van der Waals surface area contributed by atoms with E-state index in [2.05, 4.69) is 33.5 Å². The zero-order valence-electron chi connectivity index (χ0n) is 21.2. The van der Waals surface area contributed by atoms with Crippen molar-refractivity contribution in [3.05, 3.63) is 77.6 Å². The first-order chi connectivity index (χ1) is 18.0. The smallest absolute Gasteiger partial charge is 0.272 e. The molecule has 2 amide bonds. The monoisotopic (exact) mass is 499 g/mol. The Morgan fingerprint density at radius 3 is 2.68 bits per heavy atom. The fourth-order valence-electron chi connectivity index (χ4n) is 5.82. The second-order valence-corrected chi connectivity index (χ2v) is 10.6. The molecule has 3 aromatic rings. The second-order valence-electron chi connectivity index (χ2n) is 10.6. The van der Waals surface area contributed by atoms with Gasteiger partial charge in [0.05, 0.1) is 6.54 Å². The van der Waals surface area contributed by atoms with Gasteiger partial charge in [0.1, 0.15) is 11.7 Å². The Balaban J connectivity index is 1.11. The van der Waals surface area contributed by atoms with E-state index in [1.165, 1.54) is 0 Å². The van der Waals surface area contributed by atoms with Crippen LogP contribution < -0.4 is 15.1 Å². The third kappa shape index (κ3) is 4.73. The van der Waals surface area contributed by atoms with Gasteiger partial charge in [0, 0.05) is 56.3 Å².